The molecular weight excluding hydrogens is 384 g/mol. The molecule has 0 bridgehead atoms. The molecular formula is C27H26N2O2. The van der Waals surface area contributed by atoms with Crippen molar-refractivity contribution in [1.29, 1.82) is 0 Å². The third kappa shape index (κ3) is 6.82. The number of rotatable bonds is 6. The highest BCUT2D eigenvalue weighted by molar-refractivity contribution is 6.08. The van der Waals surface area contributed by atoms with Crippen LogP contribution in [0.2, 0.25) is 0 Å². The summed E-state index contributed by atoms with van der Waals surface area (Å²) in [5, 5.41) is 5.69. The minimum Gasteiger partial charge on any atom is -0.321 e. The van der Waals surface area contributed by atoms with Gasteiger partial charge in [0.1, 0.15) is 0 Å². The summed E-state index contributed by atoms with van der Waals surface area (Å²) < 4.78 is 0. The molecule has 0 radical (unpaired) electrons. The SMILES string of the molecule is Cc1ccc(C=CC(=O)Nc2ccc(C)cc2NC(=O)C=Cc2ccc(C)cc2)cc1. The van der Waals surface area contributed by atoms with Crippen molar-refractivity contribution in [3.8, 4) is 0 Å². The van der Waals surface area contributed by atoms with Crippen molar-refractivity contribution >= 4 is 35.3 Å². The van der Waals surface area contributed by atoms with E-state index in [9.17, 15) is 9.59 Å². The van der Waals surface area contributed by atoms with Crippen molar-refractivity contribution < 1.29 is 9.59 Å². The monoisotopic (exact) mass is 410 g/mol. The quantitative estimate of drug-likeness (QED) is 0.496. The molecule has 4 heteroatoms. The predicted octanol–water partition coefficient (Wildman–Crippen LogP) is 5.92. The smallest absolute Gasteiger partial charge is 0.248 e. The lowest BCUT2D eigenvalue weighted by molar-refractivity contribution is -0.112. The van der Waals surface area contributed by atoms with Gasteiger partial charge in [-0.2, -0.15) is 0 Å². The third-order valence-electron chi connectivity index (χ3n) is 4.70. The number of benzene rings is 3. The Labute approximate surface area is 183 Å². The number of amides is 2. The molecule has 0 saturated heterocycles. The van der Waals surface area contributed by atoms with Crippen LogP contribution in [0.25, 0.3) is 12.2 Å². The lowest BCUT2D eigenvalue weighted by Gasteiger charge is -2.11. The summed E-state index contributed by atoms with van der Waals surface area (Å²) in [5.41, 5.74) is 6.29. The van der Waals surface area contributed by atoms with Crippen molar-refractivity contribution in [2.75, 3.05) is 10.6 Å². The molecule has 156 valence electrons. The fourth-order valence-corrected chi connectivity index (χ4v) is 2.92. The highest BCUT2D eigenvalue weighted by Crippen LogP contribution is 2.23. The van der Waals surface area contributed by atoms with Crippen LogP contribution in [-0.4, -0.2) is 11.8 Å². The number of carbonyl (C=O) groups excluding carboxylic acids is 2. The average molecular weight is 411 g/mol. The van der Waals surface area contributed by atoms with Gasteiger partial charge in [-0.05, 0) is 61.7 Å². The first-order chi connectivity index (χ1) is 14.9. The molecule has 0 fully saturated rings. The number of nitrogens with one attached hydrogen (secondary N) is 2. The van der Waals surface area contributed by atoms with E-state index in [1.165, 1.54) is 12.2 Å². The summed E-state index contributed by atoms with van der Waals surface area (Å²) in [6.07, 6.45) is 6.47. The molecule has 2 amide bonds. The van der Waals surface area contributed by atoms with Crippen LogP contribution >= 0.6 is 0 Å². The highest BCUT2D eigenvalue weighted by atomic mass is 16.2. The van der Waals surface area contributed by atoms with Crippen molar-refractivity contribution in [3.63, 3.8) is 0 Å². The van der Waals surface area contributed by atoms with Gasteiger partial charge in [0.15, 0.2) is 0 Å². The standard InChI is InChI=1S/C27H26N2O2/c1-19-4-9-22(10-5-19)13-16-26(30)28-24-15-8-21(3)18-25(24)29-27(31)17-14-23-11-6-20(2)7-12-23/h4-18H,1-3H3,(H,28,30)(H,29,31). The maximum atomic E-state index is 12.4. The number of aryl methyl sites for hydroxylation is 3. The summed E-state index contributed by atoms with van der Waals surface area (Å²) in [7, 11) is 0. The molecule has 3 rings (SSSR count). The second-order valence-electron chi connectivity index (χ2n) is 7.52. The van der Waals surface area contributed by atoms with Crippen LogP contribution in [0.4, 0.5) is 11.4 Å². The van der Waals surface area contributed by atoms with Gasteiger partial charge in [0, 0.05) is 12.2 Å². The van der Waals surface area contributed by atoms with Gasteiger partial charge in [-0.15, -0.1) is 0 Å². The van der Waals surface area contributed by atoms with E-state index in [0.29, 0.717) is 11.4 Å². The van der Waals surface area contributed by atoms with E-state index in [1.807, 2.05) is 81.4 Å². The summed E-state index contributed by atoms with van der Waals surface area (Å²) in [6, 6.07) is 21.3. The number of carbonyl (C=O) groups is 2. The van der Waals surface area contributed by atoms with E-state index in [0.717, 1.165) is 27.8 Å². The molecule has 0 aliphatic carbocycles. The minimum absolute atomic E-state index is 0.267. The molecule has 3 aromatic carbocycles. The van der Waals surface area contributed by atoms with Gasteiger partial charge in [-0.1, -0.05) is 65.7 Å². The molecule has 0 heterocycles. The molecule has 0 spiro atoms. The van der Waals surface area contributed by atoms with Gasteiger partial charge < -0.3 is 10.6 Å². The van der Waals surface area contributed by atoms with Crippen LogP contribution in [-0.2, 0) is 9.59 Å². The summed E-state index contributed by atoms with van der Waals surface area (Å²) >= 11 is 0. The van der Waals surface area contributed by atoms with E-state index in [4.69, 9.17) is 0 Å². The van der Waals surface area contributed by atoms with Gasteiger partial charge in [-0.25, -0.2) is 0 Å². The topological polar surface area (TPSA) is 58.2 Å². The molecule has 3 aromatic rings. The van der Waals surface area contributed by atoms with Gasteiger partial charge in [0.2, 0.25) is 11.8 Å². The molecule has 0 unspecified atom stereocenters. The second-order valence-corrected chi connectivity index (χ2v) is 7.52. The molecule has 0 atom stereocenters. The first-order valence-electron chi connectivity index (χ1n) is 10.1. The summed E-state index contributed by atoms with van der Waals surface area (Å²) in [4.78, 5) is 24.8. The molecule has 0 aliphatic rings. The number of anilines is 2. The Morgan fingerprint density at radius 1 is 0.581 bits per heavy atom. The number of hydrogen-bond donors (Lipinski definition) is 2. The predicted molar refractivity (Wildman–Crippen MR) is 129 cm³/mol. The van der Waals surface area contributed by atoms with E-state index in [-0.39, 0.29) is 11.8 Å². The molecule has 0 aromatic heterocycles. The second kappa shape index (κ2) is 10.2. The van der Waals surface area contributed by atoms with Gasteiger partial charge >= 0.3 is 0 Å². The Balaban J connectivity index is 1.68. The maximum absolute atomic E-state index is 12.4. The van der Waals surface area contributed by atoms with E-state index < -0.39 is 0 Å². The largest absolute Gasteiger partial charge is 0.321 e. The lowest BCUT2D eigenvalue weighted by Crippen LogP contribution is -2.13. The Morgan fingerprint density at radius 3 is 1.48 bits per heavy atom. The van der Waals surface area contributed by atoms with Gasteiger partial charge in [0.25, 0.3) is 0 Å². The summed E-state index contributed by atoms with van der Waals surface area (Å²) in [5.74, 6) is -0.535. The van der Waals surface area contributed by atoms with E-state index in [1.54, 1.807) is 18.2 Å². The van der Waals surface area contributed by atoms with Crippen molar-refractivity contribution in [1.82, 2.24) is 0 Å². The Kier molecular flexibility index (Phi) is 7.17. The first-order valence-corrected chi connectivity index (χ1v) is 10.1. The third-order valence-corrected chi connectivity index (χ3v) is 4.70. The van der Waals surface area contributed by atoms with Gasteiger partial charge in [0.05, 0.1) is 11.4 Å². The Bertz CT molecular complexity index is 1120. The Hall–Kier alpha value is -3.92. The molecule has 2 N–H and O–H groups in total. The van der Waals surface area contributed by atoms with Crippen LogP contribution in [0.1, 0.15) is 27.8 Å². The molecule has 4 nitrogen and oxygen atoms in total. The van der Waals surface area contributed by atoms with Crippen molar-refractivity contribution in [2.24, 2.45) is 0 Å². The van der Waals surface area contributed by atoms with Crippen LogP contribution in [0.3, 0.4) is 0 Å². The highest BCUT2D eigenvalue weighted by Gasteiger charge is 2.08. The fourth-order valence-electron chi connectivity index (χ4n) is 2.92. The van der Waals surface area contributed by atoms with Crippen LogP contribution in [0.15, 0.2) is 78.9 Å². The maximum Gasteiger partial charge on any atom is 0.248 e. The molecule has 0 saturated carbocycles. The minimum atomic E-state index is -0.268. The fraction of sp³-hybridized carbons (Fsp3) is 0.111. The lowest BCUT2D eigenvalue weighted by atomic mass is 10.1. The van der Waals surface area contributed by atoms with E-state index in [2.05, 4.69) is 10.6 Å². The normalized spacial score (nSPS) is 11.1. The molecule has 0 aliphatic heterocycles. The van der Waals surface area contributed by atoms with Crippen LogP contribution in [0, 0.1) is 20.8 Å². The first kappa shape index (κ1) is 21.8. The van der Waals surface area contributed by atoms with Gasteiger partial charge in [-0.3, -0.25) is 9.59 Å². The Morgan fingerprint density at radius 2 is 1.00 bits per heavy atom. The van der Waals surface area contributed by atoms with E-state index >= 15 is 0 Å². The van der Waals surface area contributed by atoms with Crippen molar-refractivity contribution in [3.05, 3.63) is 107 Å². The van der Waals surface area contributed by atoms with Crippen molar-refractivity contribution in [2.45, 2.75) is 20.8 Å². The zero-order valence-corrected chi connectivity index (χ0v) is 18.0. The zero-order chi connectivity index (χ0) is 22.2. The summed E-state index contributed by atoms with van der Waals surface area (Å²) in [6.45, 7) is 5.97. The average Bonchev–Trinajstić information content (AvgIpc) is 2.75. The zero-order valence-electron chi connectivity index (χ0n) is 18.0. The molecule has 31 heavy (non-hydrogen) atoms. The van der Waals surface area contributed by atoms with Crippen LogP contribution < -0.4 is 10.6 Å². The van der Waals surface area contributed by atoms with Crippen LogP contribution in [0.5, 0.6) is 0 Å². The number of hydrogen-bond acceptors (Lipinski definition) is 2.